The molecule has 0 saturated carbocycles. The fraction of sp³-hybridized carbons (Fsp3) is 0.611. The molecule has 2 heterocycles. The Balaban J connectivity index is 1.59. The molecule has 2 fully saturated rings. The second-order valence-corrected chi connectivity index (χ2v) is 6.58. The molecule has 3 rings (SSSR count). The average molecular weight is 318 g/mol. The number of carbonyl (C=O) groups is 1. The molecule has 126 valence electrons. The van der Waals surface area contributed by atoms with E-state index in [0.717, 1.165) is 24.9 Å². The van der Waals surface area contributed by atoms with E-state index in [0.29, 0.717) is 19.8 Å². The van der Waals surface area contributed by atoms with Crippen molar-refractivity contribution in [2.24, 2.45) is 5.92 Å². The van der Waals surface area contributed by atoms with Crippen molar-refractivity contribution in [3.63, 3.8) is 0 Å². The number of nitrogens with zero attached hydrogens (tertiary/aromatic N) is 1. The van der Waals surface area contributed by atoms with E-state index in [1.807, 2.05) is 49.1 Å². The van der Waals surface area contributed by atoms with E-state index in [4.69, 9.17) is 9.47 Å². The van der Waals surface area contributed by atoms with Crippen LogP contribution in [0.15, 0.2) is 30.3 Å². The molecule has 23 heavy (non-hydrogen) atoms. The Morgan fingerprint density at radius 1 is 1.30 bits per heavy atom. The minimum Gasteiger partial charge on any atom is -0.347 e. The molecule has 2 saturated heterocycles. The largest absolute Gasteiger partial charge is 0.347 e. The summed E-state index contributed by atoms with van der Waals surface area (Å²) in [7, 11) is 0. The van der Waals surface area contributed by atoms with Crippen LogP contribution in [0.2, 0.25) is 0 Å². The number of ether oxygens (including phenoxy) is 2. The number of piperidine rings is 1. The summed E-state index contributed by atoms with van der Waals surface area (Å²) < 4.78 is 11.6. The van der Waals surface area contributed by atoms with Gasteiger partial charge in [-0.15, -0.1) is 0 Å². The van der Waals surface area contributed by atoms with Gasteiger partial charge in [0.05, 0.1) is 19.3 Å². The van der Waals surface area contributed by atoms with Gasteiger partial charge in [-0.2, -0.15) is 0 Å². The maximum Gasteiger partial charge on any atom is 0.317 e. The number of hydrogen-bond acceptors (Lipinski definition) is 3. The van der Waals surface area contributed by atoms with Gasteiger partial charge in [-0.1, -0.05) is 30.3 Å². The van der Waals surface area contributed by atoms with Crippen molar-refractivity contribution < 1.29 is 14.3 Å². The molecule has 1 N–H and O–H groups in total. The first-order valence-electron chi connectivity index (χ1n) is 8.47. The van der Waals surface area contributed by atoms with Crippen LogP contribution >= 0.6 is 0 Å². The van der Waals surface area contributed by atoms with E-state index >= 15 is 0 Å². The van der Waals surface area contributed by atoms with Crippen LogP contribution < -0.4 is 5.32 Å². The fourth-order valence-corrected chi connectivity index (χ4v) is 3.46. The third-order valence-electron chi connectivity index (χ3n) is 4.95. The molecule has 2 atom stereocenters. The van der Waals surface area contributed by atoms with E-state index in [-0.39, 0.29) is 18.0 Å². The Morgan fingerprint density at radius 2 is 2.00 bits per heavy atom. The average Bonchev–Trinajstić information content (AvgIpc) is 3.04. The molecule has 2 aliphatic heterocycles. The summed E-state index contributed by atoms with van der Waals surface area (Å²) in [4.78, 5) is 14.5. The molecule has 1 unspecified atom stereocenters. The molecule has 1 aromatic rings. The second kappa shape index (κ2) is 6.89. The van der Waals surface area contributed by atoms with Crippen molar-refractivity contribution in [3.8, 4) is 0 Å². The Labute approximate surface area is 137 Å². The summed E-state index contributed by atoms with van der Waals surface area (Å²) in [5, 5.41) is 3.09. The number of rotatable bonds is 3. The van der Waals surface area contributed by atoms with Crippen molar-refractivity contribution in [1.29, 1.82) is 0 Å². The summed E-state index contributed by atoms with van der Waals surface area (Å²) in [6.45, 7) is 6.77. The van der Waals surface area contributed by atoms with Gasteiger partial charge in [-0.25, -0.2) is 4.79 Å². The van der Waals surface area contributed by atoms with Crippen LogP contribution in [0.4, 0.5) is 4.79 Å². The Hall–Kier alpha value is -1.59. The molecule has 5 heteroatoms. The molecule has 0 radical (unpaired) electrons. The van der Waals surface area contributed by atoms with Crippen molar-refractivity contribution in [1.82, 2.24) is 10.2 Å². The van der Waals surface area contributed by atoms with E-state index < -0.39 is 5.79 Å². The molecule has 0 aromatic heterocycles. The van der Waals surface area contributed by atoms with Crippen molar-refractivity contribution in [2.75, 3.05) is 26.3 Å². The number of likely N-dealkylation sites (tertiary alicyclic amines) is 1. The summed E-state index contributed by atoms with van der Waals surface area (Å²) in [5.41, 5.74) is 1.11. The van der Waals surface area contributed by atoms with Gasteiger partial charge in [0.15, 0.2) is 5.79 Å². The van der Waals surface area contributed by atoms with Gasteiger partial charge in [0.25, 0.3) is 0 Å². The third kappa shape index (κ3) is 3.67. The lowest BCUT2D eigenvalue weighted by Crippen LogP contribution is -2.51. The zero-order valence-electron chi connectivity index (χ0n) is 14.0. The highest BCUT2D eigenvalue weighted by Crippen LogP contribution is 2.34. The van der Waals surface area contributed by atoms with Crippen LogP contribution in [0.3, 0.4) is 0 Å². The van der Waals surface area contributed by atoms with Gasteiger partial charge in [0.1, 0.15) is 0 Å². The molecule has 5 nitrogen and oxygen atoms in total. The molecular weight excluding hydrogens is 292 g/mol. The molecule has 1 aromatic carbocycles. The standard InChI is InChI=1S/C18H26N2O3/c1-14(15-7-4-3-5-8-15)19-17(21)20-10-6-9-16(13-20)18(2)22-11-12-23-18/h3-5,7-8,14,16H,6,9-13H2,1-2H3,(H,19,21)/t14-,16?/m0/s1. The van der Waals surface area contributed by atoms with E-state index in [2.05, 4.69) is 5.32 Å². The number of amides is 2. The third-order valence-corrected chi connectivity index (χ3v) is 4.95. The van der Waals surface area contributed by atoms with Gasteiger partial charge in [0.2, 0.25) is 0 Å². The Morgan fingerprint density at radius 3 is 2.70 bits per heavy atom. The minimum atomic E-state index is -0.538. The SMILES string of the molecule is C[C@H](NC(=O)N1CCCC(C2(C)OCCO2)C1)c1ccccc1. The first-order chi connectivity index (χ1) is 11.1. The van der Waals surface area contributed by atoms with Crippen LogP contribution in [0.5, 0.6) is 0 Å². The predicted molar refractivity (Wildman–Crippen MR) is 88.0 cm³/mol. The quantitative estimate of drug-likeness (QED) is 0.932. The fourth-order valence-electron chi connectivity index (χ4n) is 3.46. The van der Waals surface area contributed by atoms with Gasteiger partial charge in [-0.05, 0) is 32.3 Å². The van der Waals surface area contributed by atoms with Gasteiger partial charge >= 0.3 is 6.03 Å². The van der Waals surface area contributed by atoms with Crippen molar-refractivity contribution in [3.05, 3.63) is 35.9 Å². The number of hydrogen-bond donors (Lipinski definition) is 1. The highest BCUT2D eigenvalue weighted by molar-refractivity contribution is 5.74. The van der Waals surface area contributed by atoms with Crippen LogP contribution in [-0.2, 0) is 9.47 Å². The highest BCUT2D eigenvalue weighted by Gasteiger charge is 2.42. The van der Waals surface area contributed by atoms with Gasteiger partial charge < -0.3 is 19.7 Å². The summed E-state index contributed by atoms with van der Waals surface area (Å²) >= 11 is 0. The first-order valence-corrected chi connectivity index (χ1v) is 8.47. The van der Waals surface area contributed by atoms with Crippen LogP contribution in [0, 0.1) is 5.92 Å². The Kier molecular flexibility index (Phi) is 4.87. The van der Waals surface area contributed by atoms with Crippen molar-refractivity contribution in [2.45, 2.75) is 38.5 Å². The maximum absolute atomic E-state index is 12.6. The highest BCUT2D eigenvalue weighted by atomic mass is 16.7. The molecular formula is C18H26N2O3. The smallest absolute Gasteiger partial charge is 0.317 e. The molecule has 0 bridgehead atoms. The summed E-state index contributed by atoms with van der Waals surface area (Å²) in [5.74, 6) is -0.305. The van der Waals surface area contributed by atoms with E-state index in [1.54, 1.807) is 0 Å². The maximum atomic E-state index is 12.6. The lowest BCUT2D eigenvalue weighted by molar-refractivity contribution is -0.189. The van der Waals surface area contributed by atoms with E-state index in [1.165, 1.54) is 0 Å². The first kappa shape index (κ1) is 16.3. The number of carbonyl (C=O) groups excluding carboxylic acids is 1. The lowest BCUT2D eigenvalue weighted by Gasteiger charge is -2.40. The monoisotopic (exact) mass is 318 g/mol. The lowest BCUT2D eigenvalue weighted by atomic mass is 9.90. The van der Waals surface area contributed by atoms with Crippen LogP contribution in [0.1, 0.15) is 38.3 Å². The molecule has 2 amide bonds. The van der Waals surface area contributed by atoms with E-state index in [9.17, 15) is 4.79 Å². The normalized spacial score (nSPS) is 25.1. The summed E-state index contributed by atoms with van der Waals surface area (Å²) in [6, 6.07) is 10.0. The van der Waals surface area contributed by atoms with Gasteiger partial charge in [-0.3, -0.25) is 0 Å². The topological polar surface area (TPSA) is 50.8 Å². The van der Waals surface area contributed by atoms with Gasteiger partial charge in [0, 0.05) is 19.0 Å². The second-order valence-electron chi connectivity index (χ2n) is 6.58. The molecule has 2 aliphatic rings. The number of benzene rings is 1. The minimum absolute atomic E-state index is 0.00126. The van der Waals surface area contributed by atoms with Crippen LogP contribution in [0.25, 0.3) is 0 Å². The zero-order chi connectivity index (χ0) is 16.3. The molecule has 0 spiro atoms. The van der Waals surface area contributed by atoms with Crippen LogP contribution in [-0.4, -0.2) is 43.0 Å². The zero-order valence-corrected chi connectivity index (χ0v) is 14.0. The number of urea groups is 1. The number of nitrogens with one attached hydrogen (secondary N) is 1. The molecule has 0 aliphatic carbocycles. The predicted octanol–water partition coefficient (Wildman–Crippen LogP) is 2.93. The van der Waals surface area contributed by atoms with Crippen molar-refractivity contribution >= 4 is 6.03 Å². The summed E-state index contributed by atoms with van der Waals surface area (Å²) in [6.07, 6.45) is 2.02. The Bertz CT molecular complexity index is 528.